The Kier molecular flexibility index (Phi) is 4.41. The van der Waals surface area contributed by atoms with Crippen molar-refractivity contribution in [3.05, 3.63) is 29.6 Å². The van der Waals surface area contributed by atoms with E-state index in [0.29, 0.717) is 6.04 Å². The van der Waals surface area contributed by atoms with Crippen LogP contribution in [0.2, 0.25) is 0 Å². The molecule has 1 atom stereocenters. The molecule has 3 rings (SSSR count). The van der Waals surface area contributed by atoms with Crippen LogP contribution < -0.4 is 10.6 Å². The second-order valence-electron chi connectivity index (χ2n) is 5.47. The smallest absolute Gasteiger partial charge is 0.123 e. The highest BCUT2D eigenvalue weighted by molar-refractivity contribution is 7.99. The molecule has 4 heteroatoms. The van der Waals surface area contributed by atoms with Gasteiger partial charge in [0.25, 0.3) is 0 Å². The van der Waals surface area contributed by atoms with Gasteiger partial charge in [0.1, 0.15) is 5.82 Å². The number of thioether (sulfide) groups is 1. The van der Waals surface area contributed by atoms with Gasteiger partial charge in [-0.2, -0.15) is 0 Å². The lowest BCUT2D eigenvalue weighted by molar-refractivity contribution is 0.337. The molecule has 2 aliphatic heterocycles. The highest BCUT2D eigenvalue weighted by Gasteiger charge is 2.22. The zero-order valence-electron chi connectivity index (χ0n) is 11.1. The van der Waals surface area contributed by atoms with Crippen molar-refractivity contribution < 1.29 is 4.39 Å². The van der Waals surface area contributed by atoms with Crippen LogP contribution in [0.1, 0.15) is 30.9 Å². The van der Waals surface area contributed by atoms with Gasteiger partial charge in [0.15, 0.2) is 0 Å². The van der Waals surface area contributed by atoms with E-state index in [4.69, 9.17) is 0 Å². The van der Waals surface area contributed by atoms with Crippen molar-refractivity contribution in [2.24, 2.45) is 5.92 Å². The molecule has 1 saturated heterocycles. The topological polar surface area (TPSA) is 24.1 Å². The highest BCUT2D eigenvalue weighted by atomic mass is 32.2. The molecule has 1 unspecified atom stereocenters. The molecule has 0 bridgehead atoms. The molecule has 0 aliphatic carbocycles. The summed E-state index contributed by atoms with van der Waals surface area (Å²) in [5.74, 6) is 1.78. The van der Waals surface area contributed by atoms with Gasteiger partial charge >= 0.3 is 0 Å². The fourth-order valence-corrected chi connectivity index (χ4v) is 4.08. The molecule has 2 nitrogen and oxygen atoms in total. The zero-order chi connectivity index (χ0) is 13.1. The minimum Gasteiger partial charge on any atom is -0.317 e. The van der Waals surface area contributed by atoms with Crippen LogP contribution in [-0.4, -0.2) is 25.4 Å². The summed E-state index contributed by atoms with van der Waals surface area (Å²) in [5, 5.41) is 7.06. The average Bonchev–Trinajstić information content (AvgIpc) is 2.46. The monoisotopic (exact) mass is 280 g/mol. The Bertz CT molecular complexity index is 432. The Hall–Kier alpha value is -0.580. The van der Waals surface area contributed by atoms with Crippen molar-refractivity contribution in [1.82, 2.24) is 10.6 Å². The predicted octanol–water partition coefficient (Wildman–Crippen LogP) is 2.95. The molecule has 2 aliphatic rings. The van der Waals surface area contributed by atoms with Crippen molar-refractivity contribution in [2.75, 3.05) is 25.4 Å². The molecule has 104 valence electrons. The Morgan fingerprint density at radius 1 is 1.26 bits per heavy atom. The lowest BCUT2D eigenvalue weighted by Crippen LogP contribution is -2.35. The normalized spacial score (nSPS) is 24.2. The number of rotatable bonds is 3. The van der Waals surface area contributed by atoms with Crippen LogP contribution in [0.25, 0.3) is 0 Å². The molecular weight excluding hydrogens is 259 g/mol. The molecular formula is C15H21FN2S. The van der Waals surface area contributed by atoms with E-state index in [0.717, 1.165) is 43.3 Å². The van der Waals surface area contributed by atoms with Gasteiger partial charge in [0, 0.05) is 10.9 Å². The Balaban J connectivity index is 1.64. The first kappa shape index (κ1) is 13.4. The van der Waals surface area contributed by atoms with E-state index in [-0.39, 0.29) is 5.82 Å². The van der Waals surface area contributed by atoms with Gasteiger partial charge in [0.05, 0.1) is 0 Å². The zero-order valence-corrected chi connectivity index (χ0v) is 11.9. The van der Waals surface area contributed by atoms with Crippen molar-refractivity contribution in [2.45, 2.75) is 30.2 Å². The van der Waals surface area contributed by atoms with E-state index >= 15 is 0 Å². The summed E-state index contributed by atoms with van der Waals surface area (Å²) in [7, 11) is 0. The number of piperidine rings is 1. The third-order valence-corrected chi connectivity index (χ3v) is 5.25. The summed E-state index contributed by atoms with van der Waals surface area (Å²) in [4.78, 5) is 1.25. The maximum Gasteiger partial charge on any atom is 0.123 e. The molecule has 1 aromatic carbocycles. The summed E-state index contributed by atoms with van der Waals surface area (Å²) in [6, 6.07) is 5.54. The van der Waals surface area contributed by atoms with Gasteiger partial charge in [-0.1, -0.05) is 0 Å². The van der Waals surface area contributed by atoms with E-state index in [2.05, 4.69) is 10.6 Å². The van der Waals surface area contributed by atoms with Crippen molar-refractivity contribution in [3.8, 4) is 0 Å². The fourth-order valence-electron chi connectivity index (χ4n) is 2.97. The van der Waals surface area contributed by atoms with Gasteiger partial charge in [-0.15, -0.1) is 11.8 Å². The number of hydrogen-bond acceptors (Lipinski definition) is 3. The number of fused-ring (bicyclic) bond motifs is 1. The first-order chi connectivity index (χ1) is 9.33. The quantitative estimate of drug-likeness (QED) is 0.890. The summed E-state index contributed by atoms with van der Waals surface area (Å²) >= 11 is 1.85. The third kappa shape index (κ3) is 3.30. The Morgan fingerprint density at radius 2 is 2.11 bits per heavy atom. The maximum absolute atomic E-state index is 13.4. The van der Waals surface area contributed by atoms with E-state index < -0.39 is 0 Å². The van der Waals surface area contributed by atoms with Gasteiger partial charge in [-0.05, 0) is 74.3 Å². The lowest BCUT2D eigenvalue weighted by Gasteiger charge is -2.29. The number of hydrogen-bond donors (Lipinski definition) is 2. The molecule has 0 spiro atoms. The summed E-state index contributed by atoms with van der Waals surface area (Å²) in [6.07, 6.45) is 3.61. The largest absolute Gasteiger partial charge is 0.317 e. The molecule has 1 aromatic rings. The Morgan fingerprint density at radius 3 is 2.95 bits per heavy atom. The Labute approximate surface area is 118 Å². The lowest BCUT2D eigenvalue weighted by atomic mass is 9.96. The van der Waals surface area contributed by atoms with E-state index in [1.54, 1.807) is 12.1 Å². The average molecular weight is 280 g/mol. The minimum atomic E-state index is -0.116. The van der Waals surface area contributed by atoms with Gasteiger partial charge in [0.2, 0.25) is 0 Å². The molecule has 19 heavy (non-hydrogen) atoms. The molecule has 2 heterocycles. The maximum atomic E-state index is 13.4. The standard InChI is InChI=1S/C15H21FN2S/c16-12-1-2-15-13(9-12)14(5-8-19-15)18-10-11-3-6-17-7-4-11/h1-2,9,11,14,17-18H,3-8,10H2. The minimum absolute atomic E-state index is 0.116. The van der Waals surface area contributed by atoms with Crippen LogP contribution in [0.15, 0.2) is 23.1 Å². The van der Waals surface area contributed by atoms with Gasteiger partial charge in [-0.3, -0.25) is 0 Å². The van der Waals surface area contributed by atoms with E-state index in [9.17, 15) is 4.39 Å². The molecule has 0 aromatic heterocycles. The van der Waals surface area contributed by atoms with Gasteiger partial charge in [-0.25, -0.2) is 4.39 Å². The summed E-state index contributed by atoms with van der Waals surface area (Å²) in [5.41, 5.74) is 1.16. The molecule has 0 radical (unpaired) electrons. The van der Waals surface area contributed by atoms with Gasteiger partial charge < -0.3 is 10.6 Å². The molecule has 2 N–H and O–H groups in total. The van der Waals surface area contributed by atoms with Crippen LogP contribution in [0.5, 0.6) is 0 Å². The van der Waals surface area contributed by atoms with Crippen LogP contribution in [0, 0.1) is 11.7 Å². The first-order valence-corrected chi connectivity index (χ1v) is 8.18. The molecule has 1 fully saturated rings. The second-order valence-corrected chi connectivity index (χ2v) is 6.61. The fraction of sp³-hybridized carbons (Fsp3) is 0.600. The van der Waals surface area contributed by atoms with Crippen LogP contribution >= 0.6 is 11.8 Å². The number of benzene rings is 1. The van der Waals surface area contributed by atoms with E-state index in [1.807, 2.05) is 17.8 Å². The second kappa shape index (κ2) is 6.25. The number of nitrogens with one attached hydrogen (secondary N) is 2. The third-order valence-electron chi connectivity index (χ3n) is 4.12. The molecule has 0 saturated carbocycles. The first-order valence-electron chi connectivity index (χ1n) is 7.19. The van der Waals surface area contributed by atoms with Crippen LogP contribution in [0.4, 0.5) is 4.39 Å². The SMILES string of the molecule is Fc1ccc2c(c1)C(NCC1CCNCC1)CCS2. The molecule has 0 amide bonds. The van der Waals surface area contributed by atoms with E-state index in [1.165, 1.54) is 17.7 Å². The van der Waals surface area contributed by atoms with Crippen LogP contribution in [-0.2, 0) is 0 Å². The summed E-state index contributed by atoms with van der Waals surface area (Å²) < 4.78 is 13.4. The van der Waals surface area contributed by atoms with Crippen molar-refractivity contribution in [1.29, 1.82) is 0 Å². The predicted molar refractivity (Wildman–Crippen MR) is 78.1 cm³/mol. The summed E-state index contributed by atoms with van der Waals surface area (Å²) in [6.45, 7) is 3.34. The highest BCUT2D eigenvalue weighted by Crippen LogP contribution is 2.36. The van der Waals surface area contributed by atoms with Crippen molar-refractivity contribution in [3.63, 3.8) is 0 Å². The van der Waals surface area contributed by atoms with Crippen LogP contribution in [0.3, 0.4) is 0 Å². The van der Waals surface area contributed by atoms with Crippen molar-refractivity contribution >= 4 is 11.8 Å². The number of halogens is 1.